The largest absolute Gasteiger partial charge is 0.466 e. The first kappa shape index (κ1) is 12.5. The molecule has 1 fully saturated rings. The van der Waals surface area contributed by atoms with Crippen molar-refractivity contribution in [1.82, 2.24) is 0 Å². The lowest BCUT2D eigenvalue weighted by atomic mass is 9.80. The number of hydrogen-bond acceptors (Lipinski definition) is 3. The van der Waals surface area contributed by atoms with Gasteiger partial charge in [0.25, 0.3) is 0 Å². The summed E-state index contributed by atoms with van der Waals surface area (Å²) in [5.74, 6) is -0.102. The lowest BCUT2D eigenvalue weighted by Crippen LogP contribution is -2.34. The van der Waals surface area contributed by atoms with Crippen molar-refractivity contribution >= 4 is 5.97 Å². The molecule has 1 N–H and O–H groups in total. The highest BCUT2D eigenvalue weighted by Gasteiger charge is 2.43. The van der Waals surface area contributed by atoms with Crippen LogP contribution in [0.3, 0.4) is 0 Å². The maximum atomic E-state index is 11.9. The molecule has 0 aromatic carbocycles. The molecule has 0 radical (unpaired) electrons. The highest BCUT2D eigenvalue weighted by atomic mass is 16.5. The molecule has 0 aromatic rings. The van der Waals surface area contributed by atoms with E-state index in [1.54, 1.807) is 0 Å². The highest BCUT2D eigenvalue weighted by molar-refractivity contribution is 5.77. The molecule has 1 atom stereocenters. The SMILES string of the molecule is CCOC(=O)C1(CC(O)CC)CCCC1. The molecule has 3 heteroatoms. The number of ether oxygens (including phenoxy) is 1. The van der Waals surface area contributed by atoms with E-state index in [1.165, 1.54) is 0 Å². The van der Waals surface area contributed by atoms with Crippen molar-refractivity contribution in [3.05, 3.63) is 0 Å². The molecule has 0 heterocycles. The van der Waals surface area contributed by atoms with Crippen molar-refractivity contribution in [2.45, 2.75) is 58.5 Å². The number of carbonyl (C=O) groups excluding carboxylic acids is 1. The molecular weight excluding hydrogens is 192 g/mol. The van der Waals surface area contributed by atoms with Crippen molar-refractivity contribution in [1.29, 1.82) is 0 Å². The maximum Gasteiger partial charge on any atom is 0.312 e. The Kier molecular flexibility index (Phi) is 4.58. The Balaban J connectivity index is 2.65. The van der Waals surface area contributed by atoms with E-state index >= 15 is 0 Å². The molecule has 0 aliphatic heterocycles. The van der Waals surface area contributed by atoms with Gasteiger partial charge in [0.1, 0.15) is 0 Å². The van der Waals surface area contributed by atoms with Gasteiger partial charge in [0.15, 0.2) is 0 Å². The van der Waals surface area contributed by atoms with Crippen LogP contribution in [-0.4, -0.2) is 23.8 Å². The first-order valence-electron chi connectivity index (χ1n) is 6.00. The molecule has 1 rings (SSSR count). The third kappa shape index (κ3) is 2.94. The molecule has 0 amide bonds. The summed E-state index contributed by atoms with van der Waals surface area (Å²) in [7, 11) is 0. The molecule has 0 bridgehead atoms. The molecule has 1 saturated carbocycles. The van der Waals surface area contributed by atoms with E-state index in [0.717, 1.165) is 25.7 Å². The molecule has 3 nitrogen and oxygen atoms in total. The standard InChI is InChI=1S/C12H22O3/c1-3-10(13)9-12(7-5-6-8-12)11(14)15-4-2/h10,13H,3-9H2,1-2H3. The zero-order valence-corrected chi connectivity index (χ0v) is 9.79. The smallest absolute Gasteiger partial charge is 0.312 e. The van der Waals surface area contributed by atoms with Gasteiger partial charge in [-0.15, -0.1) is 0 Å². The zero-order chi connectivity index (χ0) is 11.3. The predicted molar refractivity (Wildman–Crippen MR) is 58.4 cm³/mol. The topological polar surface area (TPSA) is 46.5 Å². The Morgan fingerprint density at radius 3 is 2.47 bits per heavy atom. The molecule has 0 aromatic heterocycles. The van der Waals surface area contributed by atoms with Crippen LogP contribution in [0.15, 0.2) is 0 Å². The highest BCUT2D eigenvalue weighted by Crippen LogP contribution is 2.43. The van der Waals surface area contributed by atoms with Crippen LogP contribution in [0.2, 0.25) is 0 Å². The average Bonchev–Trinajstić information content (AvgIpc) is 2.68. The van der Waals surface area contributed by atoms with Gasteiger partial charge in [0.2, 0.25) is 0 Å². The van der Waals surface area contributed by atoms with Crippen LogP contribution < -0.4 is 0 Å². The summed E-state index contributed by atoms with van der Waals surface area (Å²) in [6.45, 7) is 4.21. The van der Waals surface area contributed by atoms with Crippen LogP contribution in [0, 0.1) is 5.41 Å². The van der Waals surface area contributed by atoms with Crippen LogP contribution in [0.4, 0.5) is 0 Å². The Hall–Kier alpha value is -0.570. The summed E-state index contributed by atoms with van der Waals surface area (Å²) in [5, 5.41) is 9.69. The monoisotopic (exact) mass is 214 g/mol. The van der Waals surface area contributed by atoms with Gasteiger partial charge in [-0.2, -0.15) is 0 Å². The van der Waals surface area contributed by atoms with E-state index in [0.29, 0.717) is 19.4 Å². The van der Waals surface area contributed by atoms with Crippen molar-refractivity contribution in [3.8, 4) is 0 Å². The zero-order valence-electron chi connectivity index (χ0n) is 9.79. The quantitative estimate of drug-likeness (QED) is 0.714. The Morgan fingerprint density at radius 1 is 1.40 bits per heavy atom. The lowest BCUT2D eigenvalue weighted by molar-refractivity contribution is -0.157. The summed E-state index contributed by atoms with van der Waals surface area (Å²) in [6.07, 6.45) is 4.83. The second-order valence-corrected chi connectivity index (χ2v) is 4.47. The molecular formula is C12H22O3. The van der Waals surface area contributed by atoms with Crippen LogP contribution in [0.5, 0.6) is 0 Å². The number of hydrogen-bond donors (Lipinski definition) is 1. The van der Waals surface area contributed by atoms with Crippen LogP contribution in [0.1, 0.15) is 52.4 Å². The third-order valence-corrected chi connectivity index (χ3v) is 3.37. The van der Waals surface area contributed by atoms with Crippen molar-refractivity contribution in [2.24, 2.45) is 5.41 Å². The Bertz CT molecular complexity index is 207. The van der Waals surface area contributed by atoms with Gasteiger partial charge >= 0.3 is 5.97 Å². The van der Waals surface area contributed by atoms with Gasteiger partial charge in [-0.1, -0.05) is 19.8 Å². The number of aliphatic hydroxyl groups excluding tert-OH is 1. The fourth-order valence-corrected chi connectivity index (χ4v) is 2.42. The molecule has 1 aliphatic carbocycles. The second kappa shape index (κ2) is 5.50. The fraction of sp³-hybridized carbons (Fsp3) is 0.917. The molecule has 1 aliphatic rings. The van der Waals surface area contributed by atoms with Gasteiger partial charge < -0.3 is 9.84 Å². The van der Waals surface area contributed by atoms with Crippen molar-refractivity contribution < 1.29 is 14.6 Å². The summed E-state index contributed by atoms with van der Waals surface area (Å²) >= 11 is 0. The fourth-order valence-electron chi connectivity index (χ4n) is 2.42. The van der Waals surface area contributed by atoms with E-state index in [-0.39, 0.29) is 17.5 Å². The second-order valence-electron chi connectivity index (χ2n) is 4.47. The minimum Gasteiger partial charge on any atom is -0.466 e. The lowest BCUT2D eigenvalue weighted by Gasteiger charge is -2.28. The van der Waals surface area contributed by atoms with Gasteiger partial charge in [-0.25, -0.2) is 0 Å². The van der Waals surface area contributed by atoms with Crippen molar-refractivity contribution in [2.75, 3.05) is 6.61 Å². The van der Waals surface area contributed by atoms with Gasteiger partial charge in [0.05, 0.1) is 18.1 Å². The first-order valence-corrected chi connectivity index (χ1v) is 6.00. The number of aliphatic hydroxyl groups is 1. The van der Waals surface area contributed by atoms with E-state index in [1.807, 2.05) is 13.8 Å². The summed E-state index contributed by atoms with van der Waals surface area (Å²) < 4.78 is 5.12. The molecule has 88 valence electrons. The Labute approximate surface area is 91.8 Å². The predicted octanol–water partition coefficient (Wildman–Crippen LogP) is 2.27. The number of carbonyl (C=O) groups is 1. The van der Waals surface area contributed by atoms with Crippen molar-refractivity contribution in [3.63, 3.8) is 0 Å². The molecule has 15 heavy (non-hydrogen) atoms. The summed E-state index contributed by atoms with van der Waals surface area (Å²) in [5.41, 5.74) is -0.383. The molecule has 0 saturated heterocycles. The first-order chi connectivity index (χ1) is 7.14. The average molecular weight is 214 g/mol. The normalized spacial score (nSPS) is 21.3. The summed E-state index contributed by atoms with van der Waals surface area (Å²) in [6, 6.07) is 0. The van der Waals surface area contributed by atoms with Gasteiger partial charge in [0, 0.05) is 0 Å². The van der Waals surface area contributed by atoms with Crippen LogP contribution in [-0.2, 0) is 9.53 Å². The molecule has 1 unspecified atom stereocenters. The number of rotatable bonds is 5. The summed E-state index contributed by atoms with van der Waals surface area (Å²) in [4.78, 5) is 11.9. The minimum absolute atomic E-state index is 0.102. The van der Waals surface area contributed by atoms with Crippen LogP contribution in [0.25, 0.3) is 0 Å². The van der Waals surface area contributed by atoms with Gasteiger partial charge in [-0.05, 0) is 32.6 Å². The third-order valence-electron chi connectivity index (χ3n) is 3.37. The van der Waals surface area contributed by atoms with Gasteiger partial charge in [-0.3, -0.25) is 4.79 Å². The van der Waals surface area contributed by atoms with E-state index < -0.39 is 0 Å². The maximum absolute atomic E-state index is 11.9. The molecule has 0 spiro atoms. The van der Waals surface area contributed by atoms with E-state index in [4.69, 9.17) is 4.74 Å². The van der Waals surface area contributed by atoms with Crippen LogP contribution >= 0.6 is 0 Å². The van der Waals surface area contributed by atoms with E-state index in [2.05, 4.69) is 0 Å². The Morgan fingerprint density at radius 2 is 2.00 bits per heavy atom. The minimum atomic E-state index is -0.383. The number of esters is 1. The van der Waals surface area contributed by atoms with E-state index in [9.17, 15) is 9.90 Å².